The number of benzene rings is 4. The first kappa shape index (κ1) is 42.4. The molecule has 0 spiro atoms. The molecule has 4 fully saturated rings. The van der Waals surface area contributed by atoms with Crippen LogP contribution in [-0.2, 0) is 21.3 Å². The number of piperazine rings is 1. The number of rotatable bonds is 16. The molecule has 2 bridgehead atoms. The van der Waals surface area contributed by atoms with Gasteiger partial charge in [0.05, 0.1) is 28.6 Å². The molecule has 4 aromatic rings. The Hall–Kier alpha value is -5.26. The smallest absolute Gasteiger partial charge is 0.293 e. The van der Waals surface area contributed by atoms with Crippen molar-refractivity contribution in [2.24, 2.45) is 0 Å². The van der Waals surface area contributed by atoms with Gasteiger partial charge >= 0.3 is 0 Å². The van der Waals surface area contributed by atoms with Gasteiger partial charge < -0.3 is 29.9 Å². The number of para-hydroxylation sites is 2. The molecule has 0 aliphatic carbocycles. The minimum absolute atomic E-state index is 0.00425. The van der Waals surface area contributed by atoms with E-state index < -0.39 is 31.4 Å². The van der Waals surface area contributed by atoms with Crippen molar-refractivity contribution in [3.63, 3.8) is 0 Å². The molecule has 16 heteroatoms. The number of hydrogen-bond acceptors (Lipinski definition) is 13. The number of nitrogens with one attached hydrogen (secondary N) is 3. The second kappa shape index (κ2) is 19.2. The summed E-state index contributed by atoms with van der Waals surface area (Å²) in [5.74, 6) is -0.260. The van der Waals surface area contributed by atoms with Crippen LogP contribution in [0.2, 0.25) is 0 Å². The summed E-state index contributed by atoms with van der Waals surface area (Å²) in [6, 6.07) is 28.2. The topological polar surface area (TPSA) is 162 Å². The molecule has 3 atom stereocenters. The first-order valence-electron chi connectivity index (χ1n) is 21.4. The summed E-state index contributed by atoms with van der Waals surface area (Å²) in [6.45, 7) is 8.31. The standard InChI is InChI=1S/C45H56N8O7S/c1-49-35-12-13-36(49)29-34(28-35)47-41-11-6-5-8-33(41)32-51-20-22-52(23-21-51)37-14-16-40(44(30-37)60-38-9-3-2-4-10-38)45(54)48-61(57,58)39-15-17-42(43(31-39)53(55)56)46-18-7-19-50-24-26-59-27-25-50/h2-6,8-11,14-17,30-31,34-36,46-47H,7,12-13,18-29,32H2,1H3,(H,48,54)/t34?,35-,36+. The van der Waals surface area contributed by atoms with Gasteiger partial charge in [-0.1, -0.05) is 36.4 Å². The number of carbonyl (C=O) groups excluding carboxylic acids is 1. The zero-order valence-electron chi connectivity index (χ0n) is 34.7. The fourth-order valence-corrected chi connectivity index (χ4v) is 10.1. The van der Waals surface area contributed by atoms with E-state index in [9.17, 15) is 23.3 Å². The van der Waals surface area contributed by atoms with Gasteiger partial charge in [0.25, 0.3) is 21.6 Å². The summed E-state index contributed by atoms with van der Waals surface area (Å²) in [7, 11) is -2.24. The molecule has 0 radical (unpaired) electrons. The number of fused-ring (bicyclic) bond motifs is 2. The lowest BCUT2D eigenvalue weighted by Crippen LogP contribution is -2.46. The SMILES string of the molecule is CN1[C@@H]2CC[C@H]1CC(Nc1ccccc1CN1CCN(c3ccc(C(=O)NS(=O)(=O)c4ccc(NCCCN5CCOCC5)c([N+](=O)[O-])c4)c(Oc4ccccc4)c3)CC1)C2. The molecule has 4 saturated heterocycles. The number of sulfonamides is 1. The Morgan fingerprint density at radius 2 is 1.57 bits per heavy atom. The van der Waals surface area contributed by atoms with Crippen LogP contribution in [0.25, 0.3) is 0 Å². The fraction of sp³-hybridized carbons (Fsp3) is 0.444. The molecule has 61 heavy (non-hydrogen) atoms. The molecular weight excluding hydrogens is 797 g/mol. The number of anilines is 3. The maximum absolute atomic E-state index is 13.8. The lowest BCUT2D eigenvalue weighted by atomic mass is 9.97. The summed E-state index contributed by atoms with van der Waals surface area (Å²) < 4.78 is 40.9. The van der Waals surface area contributed by atoms with E-state index in [4.69, 9.17) is 9.47 Å². The van der Waals surface area contributed by atoms with E-state index in [2.05, 4.69) is 66.3 Å². The lowest BCUT2D eigenvalue weighted by Gasteiger charge is -2.38. The molecule has 1 amide bonds. The summed E-state index contributed by atoms with van der Waals surface area (Å²) in [4.78, 5) is 34.3. The van der Waals surface area contributed by atoms with E-state index in [0.717, 1.165) is 70.5 Å². The van der Waals surface area contributed by atoms with Crippen LogP contribution >= 0.6 is 0 Å². The first-order chi connectivity index (χ1) is 29.6. The van der Waals surface area contributed by atoms with Crippen LogP contribution in [0, 0.1) is 10.1 Å². The lowest BCUT2D eigenvalue weighted by molar-refractivity contribution is -0.384. The number of nitro groups is 1. The van der Waals surface area contributed by atoms with Gasteiger partial charge in [-0.2, -0.15) is 0 Å². The first-order valence-corrected chi connectivity index (χ1v) is 22.9. The summed E-state index contributed by atoms with van der Waals surface area (Å²) in [5, 5.41) is 19.0. The van der Waals surface area contributed by atoms with Gasteiger partial charge in [0, 0.05) is 94.0 Å². The molecule has 4 aliphatic rings. The van der Waals surface area contributed by atoms with Crippen LogP contribution in [0.15, 0.2) is 95.9 Å². The Labute approximate surface area is 358 Å². The quantitative estimate of drug-likeness (QED) is 0.0685. The highest BCUT2D eigenvalue weighted by atomic mass is 32.2. The summed E-state index contributed by atoms with van der Waals surface area (Å²) >= 11 is 0. The van der Waals surface area contributed by atoms with Gasteiger partial charge in [-0.05, 0) is 93.7 Å². The van der Waals surface area contributed by atoms with Crippen molar-refractivity contribution in [3.05, 3.63) is 112 Å². The number of nitro benzene ring substituents is 1. The zero-order valence-corrected chi connectivity index (χ0v) is 35.5. The van der Waals surface area contributed by atoms with Crippen LogP contribution in [0.4, 0.5) is 22.7 Å². The predicted octanol–water partition coefficient (Wildman–Crippen LogP) is 6.00. The number of piperidine rings is 1. The van der Waals surface area contributed by atoms with Crippen LogP contribution in [0.5, 0.6) is 11.5 Å². The molecule has 1 unspecified atom stereocenters. The molecule has 4 aromatic carbocycles. The number of morpholine rings is 1. The number of ether oxygens (including phenoxy) is 2. The van der Waals surface area contributed by atoms with E-state index in [1.165, 1.54) is 49.1 Å². The third-order valence-corrected chi connectivity index (χ3v) is 13.9. The predicted molar refractivity (Wildman–Crippen MR) is 236 cm³/mol. The highest BCUT2D eigenvalue weighted by molar-refractivity contribution is 7.90. The Bertz CT molecular complexity index is 2250. The normalized spacial score (nSPS) is 21.2. The number of carbonyl (C=O) groups is 1. The maximum atomic E-state index is 13.8. The molecule has 3 N–H and O–H groups in total. The van der Waals surface area contributed by atoms with Gasteiger partial charge in [0.2, 0.25) is 0 Å². The number of amides is 1. The molecule has 8 rings (SSSR count). The minimum Gasteiger partial charge on any atom is -0.456 e. The monoisotopic (exact) mass is 852 g/mol. The Morgan fingerprint density at radius 1 is 0.852 bits per heavy atom. The molecule has 0 aromatic heterocycles. The molecule has 15 nitrogen and oxygen atoms in total. The van der Waals surface area contributed by atoms with Gasteiger partial charge in [0.15, 0.2) is 0 Å². The highest BCUT2D eigenvalue weighted by Crippen LogP contribution is 2.37. The van der Waals surface area contributed by atoms with Gasteiger partial charge in [-0.3, -0.25) is 24.7 Å². The second-order valence-corrected chi connectivity index (χ2v) is 18.2. The maximum Gasteiger partial charge on any atom is 0.293 e. The minimum atomic E-state index is -4.52. The third-order valence-electron chi connectivity index (χ3n) is 12.6. The summed E-state index contributed by atoms with van der Waals surface area (Å²) in [5.41, 5.74) is 3.15. The van der Waals surface area contributed by atoms with Crippen LogP contribution in [0.3, 0.4) is 0 Å². The van der Waals surface area contributed by atoms with E-state index in [1.54, 1.807) is 30.3 Å². The second-order valence-electron chi connectivity index (χ2n) is 16.5. The molecular formula is C45H56N8O7S. The molecule has 4 aliphatic heterocycles. The van der Waals surface area contributed by atoms with Crippen LogP contribution < -0.4 is 25.0 Å². The van der Waals surface area contributed by atoms with Crippen LogP contribution in [-0.4, -0.2) is 125 Å². The van der Waals surface area contributed by atoms with Gasteiger partial charge in [-0.15, -0.1) is 0 Å². The Morgan fingerprint density at radius 3 is 2.31 bits per heavy atom. The van der Waals surface area contributed by atoms with E-state index in [1.807, 2.05) is 18.2 Å². The van der Waals surface area contributed by atoms with Gasteiger partial charge in [-0.25, -0.2) is 13.1 Å². The Balaban J connectivity index is 0.918. The van der Waals surface area contributed by atoms with E-state index >= 15 is 0 Å². The zero-order chi connectivity index (χ0) is 42.3. The third kappa shape index (κ3) is 10.4. The molecule has 0 saturated carbocycles. The average Bonchev–Trinajstić information content (AvgIpc) is 3.45. The number of nitrogens with zero attached hydrogens (tertiary/aromatic N) is 5. The Kier molecular flexibility index (Phi) is 13.4. The fourth-order valence-electron chi connectivity index (χ4n) is 9.11. The van der Waals surface area contributed by atoms with Crippen molar-refractivity contribution < 1.29 is 27.6 Å². The van der Waals surface area contributed by atoms with Crippen molar-refractivity contribution in [2.75, 3.05) is 88.2 Å². The van der Waals surface area contributed by atoms with Crippen molar-refractivity contribution in [3.8, 4) is 11.5 Å². The molecule has 324 valence electrons. The molecule has 4 heterocycles. The highest BCUT2D eigenvalue weighted by Gasteiger charge is 2.38. The summed E-state index contributed by atoms with van der Waals surface area (Å²) in [6.07, 6.45) is 5.69. The van der Waals surface area contributed by atoms with Crippen molar-refractivity contribution in [1.82, 2.24) is 19.4 Å². The van der Waals surface area contributed by atoms with Crippen LogP contribution in [0.1, 0.15) is 48.0 Å². The number of hydrogen-bond donors (Lipinski definition) is 3. The van der Waals surface area contributed by atoms with E-state index in [-0.39, 0.29) is 17.0 Å². The van der Waals surface area contributed by atoms with Crippen molar-refractivity contribution in [1.29, 1.82) is 0 Å². The van der Waals surface area contributed by atoms with Crippen molar-refractivity contribution in [2.45, 2.75) is 61.7 Å². The van der Waals surface area contributed by atoms with Gasteiger partial charge in [0.1, 0.15) is 17.2 Å². The largest absolute Gasteiger partial charge is 0.456 e. The van der Waals surface area contributed by atoms with E-state index in [0.29, 0.717) is 43.6 Å². The average molecular weight is 853 g/mol. The van der Waals surface area contributed by atoms with Crippen molar-refractivity contribution >= 4 is 38.7 Å².